The zero-order valence-corrected chi connectivity index (χ0v) is 16.8. The lowest BCUT2D eigenvalue weighted by atomic mass is 9.46. The first kappa shape index (κ1) is 18.9. The molecule has 4 nitrogen and oxygen atoms in total. The van der Waals surface area contributed by atoms with Crippen molar-refractivity contribution in [2.75, 3.05) is 6.61 Å². The second kappa shape index (κ2) is 6.58. The first-order valence-electron chi connectivity index (χ1n) is 10.5. The molecule has 0 heterocycles. The average Bonchev–Trinajstić information content (AvgIpc) is 2.91. The molecule has 0 unspecified atom stereocenters. The van der Waals surface area contributed by atoms with Crippen LogP contribution in [-0.4, -0.2) is 29.6 Å². The number of aliphatic hydroxyl groups excluding tert-OH is 1. The number of ether oxygens (including phenoxy) is 1. The average molecular weight is 373 g/mol. The van der Waals surface area contributed by atoms with Crippen molar-refractivity contribution in [1.29, 1.82) is 0 Å². The molecule has 0 radical (unpaired) electrons. The second-order valence-corrected chi connectivity index (χ2v) is 9.65. The van der Waals surface area contributed by atoms with Crippen molar-refractivity contribution in [3.8, 4) is 0 Å². The molecule has 0 bridgehead atoms. The predicted octanol–water partition coefficient (Wildman–Crippen LogP) is 3.98. The third kappa shape index (κ3) is 2.91. The van der Waals surface area contributed by atoms with Crippen LogP contribution >= 0.6 is 0 Å². The highest BCUT2D eigenvalue weighted by molar-refractivity contribution is 5.91. The Morgan fingerprint density at radius 1 is 1.26 bits per heavy atom. The SMILES string of the molecule is CC(=O)OC/C=C1/CC[C@H]2[C@@H]3CCC4=CC(=O)CC[C@]4(C)[C@H]3[C@H](O)C[C@]12C. The third-order valence-corrected chi connectivity index (χ3v) is 8.36. The molecule has 0 aliphatic heterocycles. The van der Waals surface area contributed by atoms with Crippen LogP contribution in [0, 0.1) is 28.6 Å². The lowest BCUT2D eigenvalue weighted by Crippen LogP contribution is -2.55. The molecular weight excluding hydrogens is 340 g/mol. The molecule has 0 spiro atoms. The van der Waals surface area contributed by atoms with Gasteiger partial charge in [-0.2, -0.15) is 0 Å². The quantitative estimate of drug-likeness (QED) is 0.588. The van der Waals surface area contributed by atoms with Gasteiger partial charge in [-0.15, -0.1) is 0 Å². The number of hydrogen-bond donors (Lipinski definition) is 1. The first-order valence-corrected chi connectivity index (χ1v) is 10.5. The highest BCUT2D eigenvalue weighted by Gasteiger charge is 2.60. The van der Waals surface area contributed by atoms with E-state index in [2.05, 4.69) is 19.9 Å². The molecule has 4 aliphatic carbocycles. The van der Waals surface area contributed by atoms with Crippen LogP contribution in [0.3, 0.4) is 0 Å². The summed E-state index contributed by atoms with van der Waals surface area (Å²) in [5.41, 5.74) is 2.62. The van der Waals surface area contributed by atoms with Gasteiger partial charge in [0.25, 0.3) is 0 Å². The number of fused-ring (bicyclic) bond motifs is 5. The summed E-state index contributed by atoms with van der Waals surface area (Å²) < 4.78 is 5.14. The number of hydrogen-bond acceptors (Lipinski definition) is 4. The van der Waals surface area contributed by atoms with E-state index in [9.17, 15) is 14.7 Å². The number of ketones is 1. The molecule has 1 N–H and O–H groups in total. The van der Waals surface area contributed by atoms with Gasteiger partial charge in [-0.05, 0) is 79.3 Å². The Labute approximate surface area is 162 Å². The normalized spacial score (nSPS) is 45.0. The molecule has 4 aliphatic rings. The lowest BCUT2D eigenvalue weighted by molar-refractivity contribution is -0.139. The van der Waals surface area contributed by atoms with E-state index in [0.717, 1.165) is 38.5 Å². The van der Waals surface area contributed by atoms with E-state index in [0.29, 0.717) is 24.9 Å². The molecular formula is C23H32O4. The van der Waals surface area contributed by atoms with Crippen LogP contribution in [0.1, 0.15) is 65.7 Å². The van der Waals surface area contributed by atoms with Gasteiger partial charge in [0, 0.05) is 13.3 Å². The van der Waals surface area contributed by atoms with E-state index in [4.69, 9.17) is 4.74 Å². The fourth-order valence-corrected chi connectivity index (χ4v) is 7.13. The first-order chi connectivity index (χ1) is 12.8. The third-order valence-electron chi connectivity index (χ3n) is 8.36. The van der Waals surface area contributed by atoms with Crippen molar-refractivity contribution in [2.45, 2.75) is 71.8 Å². The Morgan fingerprint density at radius 2 is 2.04 bits per heavy atom. The summed E-state index contributed by atoms with van der Waals surface area (Å²) in [5.74, 6) is 1.35. The van der Waals surface area contributed by atoms with E-state index in [1.807, 2.05) is 6.08 Å². The minimum atomic E-state index is -0.339. The molecule has 0 aromatic rings. The summed E-state index contributed by atoms with van der Waals surface area (Å²) in [6.07, 6.45) is 10.2. The standard InChI is InChI=1S/C23H32O4/c1-14(24)27-11-9-15-5-7-19-18-6-4-16-12-17(25)8-10-22(16,2)21(18)20(26)13-23(15,19)3/h9,12,18-21,26H,4-8,10-11,13H2,1-3H3/b15-9-/t18-,19-,20+,21+,22-,23+/m0/s1. The van der Waals surface area contributed by atoms with Gasteiger partial charge < -0.3 is 9.84 Å². The van der Waals surface area contributed by atoms with Gasteiger partial charge in [-0.1, -0.05) is 25.0 Å². The van der Waals surface area contributed by atoms with Crippen molar-refractivity contribution in [3.05, 3.63) is 23.3 Å². The molecule has 0 saturated heterocycles. The smallest absolute Gasteiger partial charge is 0.302 e. The fourth-order valence-electron chi connectivity index (χ4n) is 7.13. The number of carbonyl (C=O) groups is 2. The van der Waals surface area contributed by atoms with Gasteiger partial charge in [0.2, 0.25) is 0 Å². The lowest BCUT2D eigenvalue weighted by Gasteiger charge is -2.59. The van der Waals surface area contributed by atoms with Gasteiger partial charge in [-0.3, -0.25) is 9.59 Å². The van der Waals surface area contributed by atoms with Crippen molar-refractivity contribution >= 4 is 11.8 Å². The van der Waals surface area contributed by atoms with E-state index >= 15 is 0 Å². The predicted molar refractivity (Wildman–Crippen MR) is 103 cm³/mol. The van der Waals surface area contributed by atoms with E-state index in [-0.39, 0.29) is 34.6 Å². The summed E-state index contributed by atoms with van der Waals surface area (Å²) in [7, 11) is 0. The molecule has 0 aromatic heterocycles. The maximum atomic E-state index is 11.9. The Bertz CT molecular complexity index is 720. The molecule has 3 fully saturated rings. The van der Waals surface area contributed by atoms with Crippen molar-refractivity contribution in [2.24, 2.45) is 28.6 Å². The van der Waals surface area contributed by atoms with Crippen LogP contribution in [0.2, 0.25) is 0 Å². The minimum Gasteiger partial charge on any atom is -0.462 e. The van der Waals surface area contributed by atoms with Gasteiger partial charge in [0.05, 0.1) is 6.10 Å². The Hall–Kier alpha value is -1.42. The number of aliphatic hydroxyl groups is 1. The molecule has 0 aromatic carbocycles. The van der Waals surface area contributed by atoms with Gasteiger partial charge in [0.1, 0.15) is 6.61 Å². The van der Waals surface area contributed by atoms with E-state index < -0.39 is 0 Å². The minimum absolute atomic E-state index is 0.00277. The highest BCUT2D eigenvalue weighted by atomic mass is 16.5. The van der Waals surface area contributed by atoms with Gasteiger partial charge in [0.15, 0.2) is 5.78 Å². The number of rotatable bonds is 2. The zero-order valence-electron chi connectivity index (χ0n) is 16.8. The molecule has 3 saturated carbocycles. The molecule has 4 rings (SSSR count). The molecule has 0 amide bonds. The maximum Gasteiger partial charge on any atom is 0.302 e. The van der Waals surface area contributed by atoms with Crippen LogP contribution in [-0.2, 0) is 14.3 Å². The molecule has 27 heavy (non-hydrogen) atoms. The van der Waals surface area contributed by atoms with Crippen LogP contribution in [0.5, 0.6) is 0 Å². The topological polar surface area (TPSA) is 63.6 Å². The van der Waals surface area contributed by atoms with Crippen molar-refractivity contribution < 1.29 is 19.4 Å². The van der Waals surface area contributed by atoms with Crippen LogP contribution in [0.15, 0.2) is 23.3 Å². The van der Waals surface area contributed by atoms with Crippen molar-refractivity contribution in [3.63, 3.8) is 0 Å². The van der Waals surface area contributed by atoms with Crippen LogP contribution < -0.4 is 0 Å². The Kier molecular flexibility index (Phi) is 4.61. The Balaban J connectivity index is 1.63. The largest absolute Gasteiger partial charge is 0.462 e. The zero-order chi connectivity index (χ0) is 19.4. The van der Waals surface area contributed by atoms with Crippen LogP contribution in [0.4, 0.5) is 0 Å². The summed E-state index contributed by atoms with van der Waals surface area (Å²) in [6.45, 7) is 6.38. The molecule has 4 heteroatoms. The van der Waals surface area contributed by atoms with Gasteiger partial charge >= 0.3 is 5.97 Å². The monoisotopic (exact) mass is 372 g/mol. The van der Waals surface area contributed by atoms with E-state index in [1.54, 1.807) is 0 Å². The summed E-state index contributed by atoms with van der Waals surface area (Å²) in [5, 5.41) is 11.3. The van der Waals surface area contributed by atoms with Crippen LogP contribution in [0.25, 0.3) is 0 Å². The maximum absolute atomic E-state index is 11.9. The van der Waals surface area contributed by atoms with E-state index in [1.165, 1.54) is 18.1 Å². The number of esters is 1. The van der Waals surface area contributed by atoms with Crippen molar-refractivity contribution in [1.82, 2.24) is 0 Å². The Morgan fingerprint density at radius 3 is 2.78 bits per heavy atom. The fraction of sp³-hybridized carbons (Fsp3) is 0.739. The summed E-state index contributed by atoms with van der Waals surface area (Å²) in [6, 6.07) is 0. The second-order valence-electron chi connectivity index (χ2n) is 9.65. The van der Waals surface area contributed by atoms with Gasteiger partial charge in [-0.25, -0.2) is 0 Å². The highest BCUT2D eigenvalue weighted by Crippen LogP contribution is 2.66. The number of allylic oxidation sites excluding steroid dienone is 2. The summed E-state index contributed by atoms with van der Waals surface area (Å²) in [4.78, 5) is 23.0. The molecule has 148 valence electrons. The molecule has 6 atom stereocenters. The summed E-state index contributed by atoms with van der Waals surface area (Å²) >= 11 is 0. The number of carbonyl (C=O) groups excluding carboxylic acids is 2.